The Kier molecular flexibility index (Phi) is 2.76. The van der Waals surface area contributed by atoms with Crippen LogP contribution in [0.3, 0.4) is 0 Å². The van der Waals surface area contributed by atoms with E-state index in [1.54, 1.807) is 6.92 Å². The second-order valence-electron chi connectivity index (χ2n) is 3.39. The molecule has 0 aliphatic rings. The summed E-state index contributed by atoms with van der Waals surface area (Å²) in [5.74, 6) is -4.79. The first-order valence-corrected chi connectivity index (χ1v) is 4.18. The molecule has 0 nitrogen and oxygen atoms in total. The molecule has 15 heavy (non-hydrogen) atoms. The minimum Gasteiger partial charge on any atom is -0.191 e. The van der Waals surface area contributed by atoms with E-state index >= 15 is 0 Å². The zero-order chi connectivity index (χ0) is 11.9. The van der Waals surface area contributed by atoms with E-state index in [1.165, 1.54) is 19.1 Å². The fourth-order valence-corrected chi connectivity index (χ4v) is 1.32. The van der Waals surface area contributed by atoms with E-state index in [9.17, 15) is 22.0 Å². The molecule has 84 valence electrons. The summed E-state index contributed by atoms with van der Waals surface area (Å²) >= 11 is 0. The van der Waals surface area contributed by atoms with Crippen LogP contribution in [0.4, 0.5) is 22.0 Å². The van der Waals surface area contributed by atoms with Crippen molar-refractivity contribution in [3.63, 3.8) is 0 Å². The smallest absolute Gasteiger partial charge is 0.191 e. The average Bonchev–Trinajstić information content (AvgIpc) is 2.00. The molecule has 0 bridgehead atoms. The predicted molar refractivity (Wildman–Crippen MR) is 45.9 cm³/mol. The number of benzene rings is 1. The molecule has 5 heteroatoms. The fraction of sp³-hybridized carbons (Fsp3) is 0.400. The summed E-state index contributed by atoms with van der Waals surface area (Å²) in [7, 11) is 0. The van der Waals surface area contributed by atoms with Crippen molar-refractivity contribution in [2.45, 2.75) is 25.9 Å². The highest BCUT2D eigenvalue weighted by Crippen LogP contribution is 2.44. The van der Waals surface area contributed by atoms with E-state index < -0.39 is 17.7 Å². The molecular weight excluding hydrogens is 215 g/mol. The molecule has 1 aromatic rings. The highest BCUT2D eigenvalue weighted by Gasteiger charge is 2.59. The quantitative estimate of drug-likeness (QED) is 0.633. The van der Waals surface area contributed by atoms with Gasteiger partial charge >= 0.3 is 12.1 Å². The third-order valence-corrected chi connectivity index (χ3v) is 2.08. The first kappa shape index (κ1) is 11.9. The van der Waals surface area contributed by atoms with Crippen LogP contribution in [0.5, 0.6) is 0 Å². The van der Waals surface area contributed by atoms with Crippen LogP contribution in [0, 0.1) is 13.8 Å². The number of hydrogen-bond donors (Lipinski definition) is 0. The average molecular weight is 224 g/mol. The minimum atomic E-state index is -5.55. The molecule has 0 heterocycles. The van der Waals surface area contributed by atoms with Gasteiger partial charge < -0.3 is 0 Å². The van der Waals surface area contributed by atoms with Gasteiger partial charge in [-0.25, -0.2) is 0 Å². The first-order valence-electron chi connectivity index (χ1n) is 4.18. The van der Waals surface area contributed by atoms with Crippen LogP contribution in [0.25, 0.3) is 0 Å². The fourth-order valence-electron chi connectivity index (χ4n) is 1.32. The van der Waals surface area contributed by atoms with E-state index in [1.807, 2.05) is 0 Å². The largest absolute Gasteiger partial charge is 0.458 e. The van der Waals surface area contributed by atoms with Gasteiger partial charge in [-0.3, -0.25) is 0 Å². The molecule has 1 aromatic carbocycles. The van der Waals surface area contributed by atoms with Crippen LogP contribution < -0.4 is 0 Å². The molecule has 0 aliphatic carbocycles. The maximum absolute atomic E-state index is 12.9. The summed E-state index contributed by atoms with van der Waals surface area (Å²) in [4.78, 5) is 0. The highest BCUT2D eigenvalue weighted by atomic mass is 19.4. The predicted octanol–water partition coefficient (Wildman–Crippen LogP) is 3.96. The molecule has 0 atom stereocenters. The highest BCUT2D eigenvalue weighted by molar-refractivity contribution is 5.34. The maximum atomic E-state index is 12.9. The van der Waals surface area contributed by atoms with Gasteiger partial charge in [0.15, 0.2) is 0 Å². The standard InChI is InChI=1S/C10H9F5/c1-6-3-4-8(7(2)5-6)9(11,12)10(13,14)15/h3-5H,1-2H3. The number of rotatable bonds is 1. The van der Waals surface area contributed by atoms with Crippen molar-refractivity contribution in [1.29, 1.82) is 0 Å². The molecule has 0 spiro atoms. The van der Waals surface area contributed by atoms with Gasteiger partial charge in [0.2, 0.25) is 0 Å². The number of alkyl halides is 5. The Morgan fingerprint density at radius 2 is 1.47 bits per heavy atom. The topological polar surface area (TPSA) is 0 Å². The molecular formula is C10H9F5. The van der Waals surface area contributed by atoms with Crippen LogP contribution in [0.15, 0.2) is 18.2 Å². The first-order chi connectivity index (χ1) is 6.66. The SMILES string of the molecule is Cc1ccc(C(F)(F)C(F)(F)F)c(C)c1. The van der Waals surface area contributed by atoms with Gasteiger partial charge in [0.25, 0.3) is 0 Å². The Morgan fingerprint density at radius 1 is 0.933 bits per heavy atom. The van der Waals surface area contributed by atoms with Crippen molar-refractivity contribution in [3.05, 3.63) is 34.9 Å². The van der Waals surface area contributed by atoms with E-state index in [0.717, 1.165) is 6.07 Å². The summed E-state index contributed by atoms with van der Waals surface area (Å²) in [6, 6.07) is 3.36. The summed E-state index contributed by atoms with van der Waals surface area (Å²) in [5.41, 5.74) is -0.396. The Balaban J connectivity index is 3.28. The van der Waals surface area contributed by atoms with Gasteiger partial charge in [-0.2, -0.15) is 22.0 Å². The van der Waals surface area contributed by atoms with E-state index in [2.05, 4.69) is 0 Å². The molecule has 0 N–H and O–H groups in total. The second kappa shape index (κ2) is 3.47. The summed E-state index contributed by atoms with van der Waals surface area (Å²) < 4.78 is 62.0. The number of halogens is 5. The summed E-state index contributed by atoms with van der Waals surface area (Å²) in [6.07, 6.45) is -5.55. The maximum Gasteiger partial charge on any atom is 0.458 e. The van der Waals surface area contributed by atoms with E-state index in [-0.39, 0.29) is 5.56 Å². The Labute approximate surface area is 83.7 Å². The Morgan fingerprint density at radius 3 is 1.87 bits per heavy atom. The minimum absolute atomic E-state index is 0.0580. The molecule has 1 rings (SSSR count). The van der Waals surface area contributed by atoms with Gasteiger partial charge in [-0.05, 0) is 19.4 Å². The van der Waals surface area contributed by atoms with E-state index in [4.69, 9.17) is 0 Å². The van der Waals surface area contributed by atoms with Crippen molar-refractivity contribution in [2.75, 3.05) is 0 Å². The zero-order valence-corrected chi connectivity index (χ0v) is 8.12. The molecule has 0 radical (unpaired) electrons. The van der Waals surface area contributed by atoms with Gasteiger partial charge in [-0.1, -0.05) is 23.8 Å². The van der Waals surface area contributed by atoms with E-state index in [0.29, 0.717) is 5.56 Å². The van der Waals surface area contributed by atoms with Crippen molar-refractivity contribution in [1.82, 2.24) is 0 Å². The van der Waals surface area contributed by atoms with Gasteiger partial charge in [0.05, 0.1) is 0 Å². The van der Waals surface area contributed by atoms with Crippen LogP contribution in [-0.4, -0.2) is 6.18 Å². The van der Waals surface area contributed by atoms with Gasteiger partial charge in [0.1, 0.15) is 0 Å². The Hall–Kier alpha value is -1.13. The zero-order valence-electron chi connectivity index (χ0n) is 8.12. The van der Waals surface area contributed by atoms with Gasteiger partial charge in [0, 0.05) is 5.56 Å². The lowest BCUT2D eigenvalue weighted by atomic mass is 10.00. The molecule has 0 aromatic heterocycles. The van der Waals surface area contributed by atoms with Crippen LogP contribution >= 0.6 is 0 Å². The van der Waals surface area contributed by atoms with Crippen molar-refractivity contribution >= 4 is 0 Å². The Bertz CT molecular complexity index is 365. The second-order valence-corrected chi connectivity index (χ2v) is 3.39. The normalized spacial score (nSPS) is 13.0. The number of hydrogen-bond acceptors (Lipinski definition) is 0. The third-order valence-electron chi connectivity index (χ3n) is 2.08. The number of aryl methyl sites for hydroxylation is 2. The molecule has 0 saturated carbocycles. The monoisotopic (exact) mass is 224 g/mol. The molecule has 0 amide bonds. The third kappa shape index (κ3) is 2.11. The van der Waals surface area contributed by atoms with Crippen LogP contribution in [0.2, 0.25) is 0 Å². The summed E-state index contributed by atoms with van der Waals surface area (Å²) in [5, 5.41) is 0. The lowest BCUT2D eigenvalue weighted by Crippen LogP contribution is -2.34. The molecule has 0 unspecified atom stereocenters. The lowest BCUT2D eigenvalue weighted by Gasteiger charge is -2.21. The molecule has 0 fully saturated rings. The molecule has 0 saturated heterocycles. The van der Waals surface area contributed by atoms with Crippen LogP contribution in [0.1, 0.15) is 16.7 Å². The van der Waals surface area contributed by atoms with Crippen molar-refractivity contribution in [2.24, 2.45) is 0 Å². The van der Waals surface area contributed by atoms with Gasteiger partial charge in [-0.15, -0.1) is 0 Å². The summed E-state index contributed by atoms with van der Waals surface area (Å²) in [6.45, 7) is 2.87. The molecule has 0 aliphatic heterocycles. The van der Waals surface area contributed by atoms with Crippen molar-refractivity contribution < 1.29 is 22.0 Å². The lowest BCUT2D eigenvalue weighted by molar-refractivity contribution is -0.289. The van der Waals surface area contributed by atoms with Crippen LogP contribution in [-0.2, 0) is 5.92 Å². The van der Waals surface area contributed by atoms with Crippen molar-refractivity contribution in [3.8, 4) is 0 Å².